The molecule has 10 heteroatoms. The van der Waals surface area contributed by atoms with Crippen molar-refractivity contribution in [3.05, 3.63) is 33.5 Å². The highest BCUT2D eigenvalue weighted by Crippen LogP contribution is 2.28. The molecule has 0 radical (unpaired) electrons. The van der Waals surface area contributed by atoms with Gasteiger partial charge in [-0.25, -0.2) is 4.79 Å². The van der Waals surface area contributed by atoms with Crippen molar-refractivity contribution in [2.24, 2.45) is 0 Å². The van der Waals surface area contributed by atoms with Crippen molar-refractivity contribution in [2.45, 2.75) is 12.8 Å². The molecule has 1 saturated heterocycles. The number of hydrogen-bond acceptors (Lipinski definition) is 8. The standard InChI is InChI=1S/C17H20N2O6S2/c1-24-16(22)9-14-19(13(20)11-27-14)6-2-7-25-15(21)3-5-18-17(23)12-4-8-26-10-12/h4,8-10H,2-3,5-7,11H2,1H3,(H,18,23)/b14-9+. The average molecular weight is 412 g/mol. The maximum atomic E-state index is 11.9. The number of esters is 2. The van der Waals surface area contributed by atoms with Crippen LogP contribution >= 0.6 is 23.1 Å². The van der Waals surface area contributed by atoms with Crippen LogP contribution in [0.25, 0.3) is 0 Å². The molecule has 0 unspecified atom stereocenters. The van der Waals surface area contributed by atoms with E-state index >= 15 is 0 Å². The predicted octanol–water partition coefficient (Wildman–Crippen LogP) is 1.39. The summed E-state index contributed by atoms with van der Waals surface area (Å²) in [5, 5.41) is 6.72. The second-order valence-corrected chi connectivity index (χ2v) is 7.21. The highest BCUT2D eigenvalue weighted by molar-refractivity contribution is 8.04. The second-order valence-electron chi connectivity index (χ2n) is 5.43. The Morgan fingerprint density at radius 2 is 2.19 bits per heavy atom. The van der Waals surface area contributed by atoms with Gasteiger partial charge in [-0.1, -0.05) is 11.8 Å². The quantitative estimate of drug-likeness (QED) is 0.371. The van der Waals surface area contributed by atoms with E-state index in [0.29, 0.717) is 23.6 Å². The lowest BCUT2D eigenvalue weighted by Crippen LogP contribution is -2.28. The monoisotopic (exact) mass is 412 g/mol. The molecule has 2 amide bonds. The smallest absolute Gasteiger partial charge is 0.333 e. The minimum absolute atomic E-state index is 0.0713. The molecule has 146 valence electrons. The molecule has 0 saturated carbocycles. The lowest BCUT2D eigenvalue weighted by Gasteiger charge is -2.16. The summed E-state index contributed by atoms with van der Waals surface area (Å²) in [6, 6.07) is 1.71. The van der Waals surface area contributed by atoms with E-state index in [2.05, 4.69) is 10.1 Å². The fourth-order valence-corrected chi connectivity index (χ4v) is 3.77. The van der Waals surface area contributed by atoms with Crippen LogP contribution in [0, 0.1) is 0 Å². The van der Waals surface area contributed by atoms with E-state index in [0.717, 1.165) is 0 Å². The van der Waals surface area contributed by atoms with E-state index in [9.17, 15) is 19.2 Å². The molecule has 0 bridgehead atoms. The van der Waals surface area contributed by atoms with Gasteiger partial charge in [-0.2, -0.15) is 11.3 Å². The largest absolute Gasteiger partial charge is 0.466 e. The van der Waals surface area contributed by atoms with E-state index in [1.165, 1.54) is 41.2 Å². The van der Waals surface area contributed by atoms with Crippen LogP contribution in [0.2, 0.25) is 0 Å². The fourth-order valence-electron chi connectivity index (χ4n) is 2.18. The van der Waals surface area contributed by atoms with Crippen molar-refractivity contribution in [1.29, 1.82) is 0 Å². The normalized spacial score (nSPS) is 15.1. The number of amides is 2. The Hall–Kier alpha value is -2.33. The zero-order chi connectivity index (χ0) is 19.6. The molecule has 1 N–H and O–H groups in total. The number of carbonyl (C=O) groups is 4. The minimum Gasteiger partial charge on any atom is -0.466 e. The molecule has 27 heavy (non-hydrogen) atoms. The summed E-state index contributed by atoms with van der Waals surface area (Å²) in [4.78, 5) is 48.1. The molecule has 1 aromatic rings. The zero-order valence-corrected chi connectivity index (χ0v) is 16.4. The van der Waals surface area contributed by atoms with Gasteiger partial charge < -0.3 is 19.7 Å². The van der Waals surface area contributed by atoms with E-state index in [1.54, 1.807) is 16.8 Å². The molecule has 0 atom stereocenters. The molecule has 0 spiro atoms. The molecular formula is C17H20N2O6S2. The van der Waals surface area contributed by atoms with E-state index in [-0.39, 0.29) is 37.1 Å². The number of ether oxygens (including phenoxy) is 2. The van der Waals surface area contributed by atoms with Crippen LogP contribution in [0.15, 0.2) is 27.9 Å². The summed E-state index contributed by atoms with van der Waals surface area (Å²) in [6.07, 6.45) is 1.79. The van der Waals surface area contributed by atoms with Gasteiger partial charge in [0, 0.05) is 24.0 Å². The first-order valence-electron chi connectivity index (χ1n) is 8.20. The first kappa shape index (κ1) is 21.0. The fraction of sp³-hybridized carbons (Fsp3) is 0.412. The first-order valence-corrected chi connectivity index (χ1v) is 10.1. The summed E-state index contributed by atoms with van der Waals surface area (Å²) >= 11 is 2.69. The highest BCUT2D eigenvalue weighted by atomic mass is 32.2. The summed E-state index contributed by atoms with van der Waals surface area (Å²) in [5.74, 6) is -0.996. The minimum atomic E-state index is -0.520. The zero-order valence-electron chi connectivity index (χ0n) is 14.8. The summed E-state index contributed by atoms with van der Waals surface area (Å²) in [7, 11) is 1.27. The van der Waals surface area contributed by atoms with Crippen LogP contribution in [0.3, 0.4) is 0 Å². The lowest BCUT2D eigenvalue weighted by molar-refractivity contribution is -0.143. The SMILES string of the molecule is COC(=O)/C=C1/SCC(=O)N1CCCOC(=O)CCNC(=O)c1ccsc1. The Morgan fingerprint density at radius 3 is 2.89 bits per heavy atom. The molecule has 1 aliphatic rings. The molecule has 2 heterocycles. The third-order valence-electron chi connectivity index (χ3n) is 3.54. The van der Waals surface area contributed by atoms with Crippen molar-refractivity contribution >= 4 is 46.9 Å². The Morgan fingerprint density at radius 1 is 1.37 bits per heavy atom. The third-order valence-corrected chi connectivity index (χ3v) is 5.25. The van der Waals surface area contributed by atoms with Gasteiger partial charge in [-0.05, 0) is 17.9 Å². The van der Waals surface area contributed by atoms with Gasteiger partial charge in [0.05, 0.1) is 37.0 Å². The summed E-state index contributed by atoms with van der Waals surface area (Å²) in [6.45, 7) is 0.689. The van der Waals surface area contributed by atoms with Crippen LogP contribution in [0.1, 0.15) is 23.2 Å². The van der Waals surface area contributed by atoms with E-state index in [4.69, 9.17) is 4.74 Å². The van der Waals surface area contributed by atoms with Gasteiger partial charge in [0.2, 0.25) is 5.91 Å². The van der Waals surface area contributed by atoms with Gasteiger partial charge in [0.1, 0.15) is 0 Å². The van der Waals surface area contributed by atoms with Crippen LogP contribution in [0.5, 0.6) is 0 Å². The van der Waals surface area contributed by atoms with Gasteiger partial charge in [-0.3, -0.25) is 14.4 Å². The summed E-state index contributed by atoms with van der Waals surface area (Å²) < 4.78 is 9.67. The van der Waals surface area contributed by atoms with Gasteiger partial charge in [0.25, 0.3) is 5.91 Å². The molecule has 2 rings (SSSR count). The Kier molecular flexibility index (Phi) is 8.34. The molecular weight excluding hydrogens is 392 g/mol. The number of thioether (sulfide) groups is 1. The molecule has 1 aliphatic heterocycles. The van der Waals surface area contributed by atoms with Gasteiger partial charge >= 0.3 is 11.9 Å². The van der Waals surface area contributed by atoms with Crippen LogP contribution in [-0.4, -0.2) is 61.2 Å². The third kappa shape index (κ3) is 6.72. The number of hydrogen-bond donors (Lipinski definition) is 1. The Bertz CT molecular complexity index is 717. The lowest BCUT2D eigenvalue weighted by atomic mass is 10.3. The summed E-state index contributed by atoms with van der Waals surface area (Å²) in [5.41, 5.74) is 0.567. The number of carbonyl (C=O) groups excluding carboxylic acids is 4. The average Bonchev–Trinajstić information content (AvgIpc) is 3.30. The topological polar surface area (TPSA) is 102 Å². The Balaban J connectivity index is 1.63. The number of nitrogens with zero attached hydrogens (tertiary/aromatic N) is 1. The van der Waals surface area contributed by atoms with E-state index in [1.807, 2.05) is 0 Å². The molecule has 8 nitrogen and oxygen atoms in total. The molecule has 0 aromatic carbocycles. The number of thiophene rings is 1. The second kappa shape index (κ2) is 10.7. The Labute approximate surface area is 164 Å². The maximum absolute atomic E-state index is 11.9. The van der Waals surface area contributed by atoms with Crippen LogP contribution < -0.4 is 5.32 Å². The van der Waals surface area contributed by atoms with Crippen molar-refractivity contribution in [1.82, 2.24) is 10.2 Å². The van der Waals surface area contributed by atoms with Crippen molar-refractivity contribution in [2.75, 3.05) is 32.6 Å². The molecule has 1 aromatic heterocycles. The van der Waals surface area contributed by atoms with Crippen molar-refractivity contribution in [3.63, 3.8) is 0 Å². The predicted molar refractivity (Wildman–Crippen MR) is 101 cm³/mol. The highest BCUT2D eigenvalue weighted by Gasteiger charge is 2.27. The van der Waals surface area contributed by atoms with E-state index < -0.39 is 11.9 Å². The first-order chi connectivity index (χ1) is 13.0. The van der Waals surface area contributed by atoms with Crippen molar-refractivity contribution < 1.29 is 28.7 Å². The number of rotatable bonds is 9. The molecule has 0 aliphatic carbocycles. The van der Waals surface area contributed by atoms with Gasteiger partial charge in [0.15, 0.2) is 0 Å². The van der Waals surface area contributed by atoms with Crippen LogP contribution in [-0.2, 0) is 23.9 Å². The number of nitrogens with one attached hydrogen (secondary N) is 1. The molecule has 1 fully saturated rings. The van der Waals surface area contributed by atoms with Crippen molar-refractivity contribution in [3.8, 4) is 0 Å². The van der Waals surface area contributed by atoms with Gasteiger partial charge in [-0.15, -0.1) is 0 Å². The maximum Gasteiger partial charge on any atom is 0.333 e. The number of methoxy groups -OCH3 is 1. The van der Waals surface area contributed by atoms with Crippen LogP contribution in [0.4, 0.5) is 0 Å².